The molecule has 1 aromatic carbocycles. The molecule has 140 valence electrons. The third-order valence-electron chi connectivity index (χ3n) is 5.11. The van der Waals surface area contributed by atoms with Gasteiger partial charge in [0.2, 0.25) is 11.7 Å². The molecule has 3 aromatic rings. The first-order valence-corrected chi connectivity index (χ1v) is 9.51. The molecule has 0 bridgehead atoms. The smallest absolute Gasteiger partial charge is 0.255 e. The number of hydrogen-bond acceptors (Lipinski definition) is 5. The van der Waals surface area contributed by atoms with Crippen LogP contribution in [0.3, 0.4) is 0 Å². The van der Waals surface area contributed by atoms with Crippen LogP contribution in [0.2, 0.25) is 0 Å². The number of nitrogens with one attached hydrogen (secondary N) is 1. The molecule has 7 nitrogen and oxygen atoms in total. The van der Waals surface area contributed by atoms with Crippen LogP contribution in [0.15, 0.2) is 28.9 Å². The summed E-state index contributed by atoms with van der Waals surface area (Å²) in [6.45, 7) is 1.85. The van der Waals surface area contributed by atoms with Gasteiger partial charge in [0.05, 0.1) is 17.3 Å². The standard InChI is InChI=1S/C18H22B3N5O2/c1-9-13(8-26(2)24-9)16(27)22-14-6-4-10-7-11(3-5-12(10)14)15-23-17(28-25-15)18(19,20)21/h3,5,7-8,14H,4,6,19-21H2,1-2H3,(H,22,27)/t14-/m1/s1. The number of carbonyl (C=O) groups is 1. The van der Waals surface area contributed by atoms with Crippen molar-refractivity contribution in [3.8, 4) is 11.4 Å². The molecular formula is C18H22B3N5O2. The highest BCUT2D eigenvalue weighted by Crippen LogP contribution is 2.34. The van der Waals surface area contributed by atoms with Crippen molar-refractivity contribution in [2.24, 2.45) is 7.05 Å². The molecule has 10 heteroatoms. The van der Waals surface area contributed by atoms with Gasteiger partial charge in [-0.1, -0.05) is 17.3 Å². The number of benzene rings is 1. The number of aryl methyl sites for hydroxylation is 3. The van der Waals surface area contributed by atoms with Gasteiger partial charge in [0.15, 0.2) is 0 Å². The van der Waals surface area contributed by atoms with Crippen LogP contribution in [-0.2, 0) is 18.6 Å². The van der Waals surface area contributed by atoms with E-state index in [1.54, 1.807) is 10.9 Å². The Bertz CT molecular complexity index is 1050. The second-order valence-corrected chi connectivity index (χ2v) is 8.45. The third-order valence-corrected chi connectivity index (χ3v) is 5.11. The molecule has 4 rings (SSSR count). The number of fused-ring (bicyclic) bond motifs is 1. The third kappa shape index (κ3) is 3.39. The van der Waals surface area contributed by atoms with E-state index in [1.807, 2.05) is 43.6 Å². The summed E-state index contributed by atoms with van der Waals surface area (Å²) >= 11 is 0. The van der Waals surface area contributed by atoms with Crippen LogP contribution in [0.5, 0.6) is 0 Å². The number of hydrogen-bond donors (Lipinski definition) is 1. The minimum Gasteiger partial charge on any atom is -0.345 e. The zero-order valence-corrected chi connectivity index (χ0v) is 16.9. The maximum atomic E-state index is 12.6. The molecule has 0 radical (unpaired) electrons. The van der Waals surface area contributed by atoms with Crippen molar-refractivity contribution < 1.29 is 9.32 Å². The number of amides is 1. The van der Waals surface area contributed by atoms with Crippen LogP contribution in [0.25, 0.3) is 11.4 Å². The highest BCUT2D eigenvalue weighted by atomic mass is 16.5. The first-order chi connectivity index (χ1) is 13.2. The zero-order valence-electron chi connectivity index (χ0n) is 16.9. The van der Waals surface area contributed by atoms with Crippen LogP contribution in [0.4, 0.5) is 0 Å². The Morgan fingerprint density at radius 2 is 2.14 bits per heavy atom. The average molecular weight is 373 g/mol. The fraction of sp³-hybridized carbons (Fsp3) is 0.333. The van der Waals surface area contributed by atoms with E-state index in [4.69, 9.17) is 4.52 Å². The Morgan fingerprint density at radius 3 is 2.79 bits per heavy atom. The zero-order chi connectivity index (χ0) is 20.1. The average Bonchev–Trinajstić information content (AvgIpc) is 3.33. The molecule has 1 amide bonds. The Hall–Kier alpha value is -2.77. The van der Waals surface area contributed by atoms with Crippen molar-refractivity contribution in [1.29, 1.82) is 0 Å². The summed E-state index contributed by atoms with van der Waals surface area (Å²) in [6.07, 6.45) is 3.54. The van der Waals surface area contributed by atoms with Gasteiger partial charge in [-0.25, -0.2) is 0 Å². The van der Waals surface area contributed by atoms with Crippen LogP contribution in [0, 0.1) is 6.92 Å². The Kier molecular flexibility index (Phi) is 4.44. The lowest BCUT2D eigenvalue weighted by Gasteiger charge is -2.14. The molecule has 1 N–H and O–H groups in total. The first-order valence-electron chi connectivity index (χ1n) is 9.51. The molecule has 0 saturated carbocycles. The Labute approximate surface area is 166 Å². The summed E-state index contributed by atoms with van der Waals surface area (Å²) in [5.74, 6) is 1.15. The van der Waals surface area contributed by atoms with E-state index < -0.39 is 0 Å². The topological polar surface area (TPSA) is 85.8 Å². The molecule has 0 unspecified atom stereocenters. The molecule has 2 aromatic heterocycles. The van der Waals surface area contributed by atoms with Crippen LogP contribution >= 0.6 is 0 Å². The van der Waals surface area contributed by atoms with Crippen molar-refractivity contribution in [3.05, 3.63) is 52.7 Å². The highest BCUT2D eigenvalue weighted by Gasteiger charge is 2.27. The normalized spacial score (nSPS) is 16.1. The van der Waals surface area contributed by atoms with Gasteiger partial charge in [-0.2, -0.15) is 10.1 Å². The van der Waals surface area contributed by atoms with Gasteiger partial charge in [0.1, 0.15) is 23.5 Å². The summed E-state index contributed by atoms with van der Waals surface area (Å²) in [5, 5.41) is 11.3. The highest BCUT2D eigenvalue weighted by molar-refractivity contribution is 6.58. The lowest BCUT2D eigenvalue weighted by molar-refractivity contribution is 0.0936. The van der Waals surface area contributed by atoms with Gasteiger partial charge in [0, 0.05) is 18.8 Å². The van der Waals surface area contributed by atoms with E-state index in [0.29, 0.717) is 17.3 Å². The molecule has 2 heterocycles. The van der Waals surface area contributed by atoms with E-state index in [0.717, 1.165) is 29.7 Å². The minimum absolute atomic E-state index is 0.00607. The molecule has 1 atom stereocenters. The monoisotopic (exact) mass is 373 g/mol. The van der Waals surface area contributed by atoms with Gasteiger partial charge in [-0.05, 0) is 42.1 Å². The molecule has 28 heavy (non-hydrogen) atoms. The van der Waals surface area contributed by atoms with Crippen molar-refractivity contribution >= 4 is 29.4 Å². The predicted octanol–water partition coefficient (Wildman–Crippen LogP) is -0.795. The van der Waals surface area contributed by atoms with Gasteiger partial charge in [-0.15, -0.1) is 0 Å². The second-order valence-electron chi connectivity index (χ2n) is 8.45. The Balaban J connectivity index is 1.54. The second kappa shape index (κ2) is 6.69. The van der Waals surface area contributed by atoms with Crippen molar-refractivity contribution in [1.82, 2.24) is 25.2 Å². The largest absolute Gasteiger partial charge is 0.345 e. The van der Waals surface area contributed by atoms with E-state index in [-0.39, 0.29) is 17.1 Å². The summed E-state index contributed by atoms with van der Waals surface area (Å²) < 4.78 is 7.08. The molecule has 1 aliphatic carbocycles. The molecule has 0 fully saturated rings. The van der Waals surface area contributed by atoms with E-state index in [2.05, 4.69) is 32.7 Å². The molecular weight excluding hydrogens is 351 g/mol. The maximum absolute atomic E-state index is 12.6. The van der Waals surface area contributed by atoms with Crippen molar-refractivity contribution in [2.45, 2.75) is 30.9 Å². The Morgan fingerprint density at radius 1 is 1.36 bits per heavy atom. The number of aromatic nitrogens is 4. The van der Waals surface area contributed by atoms with Gasteiger partial charge in [-0.3, -0.25) is 9.48 Å². The van der Waals surface area contributed by atoms with E-state index >= 15 is 0 Å². The lowest BCUT2D eigenvalue weighted by atomic mass is 9.42. The molecule has 0 saturated heterocycles. The maximum Gasteiger partial charge on any atom is 0.255 e. The molecule has 0 spiro atoms. The summed E-state index contributed by atoms with van der Waals surface area (Å²) in [5.41, 5.74) is 4.66. The van der Waals surface area contributed by atoms with Gasteiger partial charge in [0.25, 0.3) is 5.91 Å². The van der Waals surface area contributed by atoms with Crippen LogP contribution in [-0.4, -0.2) is 49.4 Å². The van der Waals surface area contributed by atoms with Gasteiger partial charge < -0.3 is 9.84 Å². The van der Waals surface area contributed by atoms with E-state index in [1.165, 1.54) is 5.56 Å². The van der Waals surface area contributed by atoms with Crippen molar-refractivity contribution in [2.75, 3.05) is 0 Å². The van der Waals surface area contributed by atoms with Gasteiger partial charge >= 0.3 is 0 Å². The fourth-order valence-corrected chi connectivity index (χ4v) is 3.61. The minimum atomic E-state index is -0.179. The quantitative estimate of drug-likeness (QED) is 0.606. The summed E-state index contributed by atoms with van der Waals surface area (Å²) in [6, 6.07) is 6.17. The SMILES string of the molecule is BC(B)(B)c1nc(-c2ccc3c(c2)CC[C@H]3NC(=O)c2cn(C)nc2C)no1. The van der Waals surface area contributed by atoms with Crippen molar-refractivity contribution in [3.63, 3.8) is 0 Å². The predicted molar refractivity (Wildman–Crippen MR) is 114 cm³/mol. The first kappa shape index (κ1) is 18.6. The van der Waals surface area contributed by atoms with E-state index in [9.17, 15) is 4.79 Å². The molecule has 1 aliphatic rings. The summed E-state index contributed by atoms with van der Waals surface area (Å²) in [7, 11) is 7.96. The number of nitrogens with zero attached hydrogens (tertiary/aromatic N) is 4. The van der Waals surface area contributed by atoms with Crippen LogP contribution < -0.4 is 5.32 Å². The lowest BCUT2D eigenvalue weighted by Crippen LogP contribution is -2.27. The number of rotatable bonds is 4. The number of carbonyl (C=O) groups excluding carboxylic acids is 1. The van der Waals surface area contributed by atoms with Crippen LogP contribution in [0.1, 0.15) is 45.5 Å². The summed E-state index contributed by atoms with van der Waals surface area (Å²) in [4.78, 5) is 17.2. The fourth-order valence-electron chi connectivity index (χ4n) is 3.61. The molecule has 0 aliphatic heterocycles.